The standard InChI is InChI=1S/C21H25N3S2/c1-21(2)19(25-14-16-10-6-5-7-11-16)22-20(23-21)26-15-17-12-8-9-13-18(17)24(3)4/h5-13H,14-15H2,1-4H3. The topological polar surface area (TPSA) is 28.0 Å². The lowest BCUT2D eigenvalue weighted by Crippen LogP contribution is -2.23. The Morgan fingerprint density at radius 2 is 1.58 bits per heavy atom. The lowest BCUT2D eigenvalue weighted by atomic mass is 10.1. The van der Waals surface area contributed by atoms with Crippen molar-refractivity contribution in [2.75, 3.05) is 19.0 Å². The number of thioether (sulfide) groups is 2. The van der Waals surface area contributed by atoms with Gasteiger partial charge in [0.05, 0.1) is 0 Å². The predicted molar refractivity (Wildman–Crippen MR) is 119 cm³/mol. The molecule has 2 aromatic rings. The van der Waals surface area contributed by atoms with Crippen molar-refractivity contribution in [3.8, 4) is 0 Å². The Hall–Kier alpha value is -1.72. The molecular weight excluding hydrogens is 358 g/mol. The number of rotatable bonds is 5. The van der Waals surface area contributed by atoms with Crippen molar-refractivity contribution < 1.29 is 0 Å². The molecule has 2 aromatic carbocycles. The zero-order valence-corrected chi connectivity index (χ0v) is 17.4. The molecule has 0 unspecified atom stereocenters. The Kier molecular flexibility index (Phi) is 6.09. The molecule has 1 aliphatic heterocycles. The highest BCUT2D eigenvalue weighted by Gasteiger charge is 2.31. The second kappa shape index (κ2) is 8.31. The van der Waals surface area contributed by atoms with E-state index in [2.05, 4.69) is 87.4 Å². The Morgan fingerprint density at radius 3 is 2.31 bits per heavy atom. The molecule has 0 atom stereocenters. The van der Waals surface area contributed by atoms with Gasteiger partial charge in [-0.15, -0.1) is 11.8 Å². The molecule has 0 amide bonds. The SMILES string of the molecule is CN(C)c1ccccc1CSC1=NC(C)(C)C(SCc2ccccc2)=N1. The van der Waals surface area contributed by atoms with Crippen LogP contribution in [-0.2, 0) is 11.5 Å². The fourth-order valence-corrected chi connectivity index (χ4v) is 4.83. The van der Waals surface area contributed by atoms with Gasteiger partial charge < -0.3 is 4.90 Å². The Balaban J connectivity index is 1.65. The Morgan fingerprint density at radius 1 is 0.885 bits per heavy atom. The van der Waals surface area contributed by atoms with E-state index in [-0.39, 0.29) is 5.54 Å². The van der Waals surface area contributed by atoms with Crippen molar-refractivity contribution in [1.29, 1.82) is 0 Å². The monoisotopic (exact) mass is 383 g/mol. The number of para-hydroxylation sites is 1. The first-order valence-corrected chi connectivity index (χ1v) is 10.7. The Labute approximate surface area is 165 Å². The molecule has 3 rings (SSSR count). The first kappa shape index (κ1) is 19.1. The van der Waals surface area contributed by atoms with Gasteiger partial charge in [-0.05, 0) is 31.0 Å². The number of amidine groups is 1. The maximum Gasteiger partial charge on any atom is 0.185 e. The lowest BCUT2D eigenvalue weighted by Gasteiger charge is -2.17. The third-order valence-electron chi connectivity index (χ3n) is 4.14. The fraction of sp³-hybridized carbons (Fsp3) is 0.333. The molecule has 0 aliphatic carbocycles. The average molecular weight is 384 g/mol. The van der Waals surface area contributed by atoms with Gasteiger partial charge >= 0.3 is 0 Å². The quantitative estimate of drug-likeness (QED) is 0.686. The molecular formula is C21H25N3S2. The summed E-state index contributed by atoms with van der Waals surface area (Å²) in [6.07, 6.45) is 0. The van der Waals surface area contributed by atoms with Crippen LogP contribution >= 0.6 is 23.5 Å². The number of aliphatic imine (C=N–C) groups is 2. The first-order valence-electron chi connectivity index (χ1n) is 8.69. The van der Waals surface area contributed by atoms with E-state index in [4.69, 9.17) is 9.98 Å². The molecule has 3 nitrogen and oxygen atoms in total. The van der Waals surface area contributed by atoms with Gasteiger partial charge in [0.1, 0.15) is 10.6 Å². The largest absolute Gasteiger partial charge is 0.377 e. The number of nitrogens with zero attached hydrogens (tertiary/aromatic N) is 3. The highest BCUT2D eigenvalue weighted by molar-refractivity contribution is 8.15. The summed E-state index contributed by atoms with van der Waals surface area (Å²) in [6.45, 7) is 4.29. The molecule has 0 radical (unpaired) electrons. The third kappa shape index (κ3) is 4.71. The minimum atomic E-state index is -0.233. The Bertz CT molecular complexity index is 811. The number of hydrogen-bond acceptors (Lipinski definition) is 5. The second-order valence-electron chi connectivity index (χ2n) is 6.96. The number of anilines is 1. The van der Waals surface area contributed by atoms with E-state index < -0.39 is 0 Å². The van der Waals surface area contributed by atoms with Crippen LogP contribution in [0, 0.1) is 0 Å². The van der Waals surface area contributed by atoms with Gasteiger partial charge in [-0.2, -0.15) is 0 Å². The van der Waals surface area contributed by atoms with Crippen molar-refractivity contribution in [3.05, 3.63) is 65.7 Å². The number of hydrogen-bond donors (Lipinski definition) is 0. The van der Waals surface area contributed by atoms with Crippen LogP contribution in [0.3, 0.4) is 0 Å². The summed E-state index contributed by atoms with van der Waals surface area (Å²) in [6, 6.07) is 19.0. The van der Waals surface area contributed by atoms with Crippen LogP contribution in [0.15, 0.2) is 64.6 Å². The zero-order chi connectivity index (χ0) is 18.6. The van der Waals surface area contributed by atoms with Crippen molar-refractivity contribution in [1.82, 2.24) is 0 Å². The molecule has 0 aromatic heterocycles. The number of benzene rings is 2. The molecule has 5 heteroatoms. The summed E-state index contributed by atoms with van der Waals surface area (Å²) in [7, 11) is 4.16. The van der Waals surface area contributed by atoms with Gasteiger partial charge in [0.2, 0.25) is 0 Å². The van der Waals surface area contributed by atoms with Gasteiger partial charge in [0, 0.05) is 31.3 Å². The normalized spacial score (nSPS) is 15.5. The minimum Gasteiger partial charge on any atom is -0.377 e. The van der Waals surface area contributed by atoms with Gasteiger partial charge in [-0.1, -0.05) is 60.3 Å². The molecule has 1 aliphatic rings. The lowest BCUT2D eigenvalue weighted by molar-refractivity contribution is 0.728. The van der Waals surface area contributed by atoms with Crippen LogP contribution in [0.25, 0.3) is 0 Å². The van der Waals surface area contributed by atoms with Crippen LogP contribution in [0.2, 0.25) is 0 Å². The summed E-state index contributed by atoms with van der Waals surface area (Å²) < 4.78 is 0. The molecule has 0 saturated heterocycles. The second-order valence-corrected chi connectivity index (χ2v) is 8.86. The minimum absolute atomic E-state index is 0.233. The van der Waals surface area contributed by atoms with Crippen LogP contribution in [-0.4, -0.2) is 29.8 Å². The van der Waals surface area contributed by atoms with Crippen LogP contribution in [0.4, 0.5) is 5.69 Å². The zero-order valence-electron chi connectivity index (χ0n) is 15.8. The van der Waals surface area contributed by atoms with Crippen molar-refractivity contribution in [3.63, 3.8) is 0 Å². The molecule has 0 fully saturated rings. The van der Waals surface area contributed by atoms with Gasteiger partial charge in [-0.25, -0.2) is 9.98 Å². The highest BCUT2D eigenvalue weighted by atomic mass is 32.2. The molecule has 1 heterocycles. The summed E-state index contributed by atoms with van der Waals surface area (Å²) >= 11 is 3.51. The van der Waals surface area contributed by atoms with Crippen molar-refractivity contribution in [2.24, 2.45) is 9.98 Å². The first-order chi connectivity index (χ1) is 12.5. The fourth-order valence-electron chi connectivity index (χ4n) is 2.75. The van der Waals surface area contributed by atoms with E-state index in [0.717, 1.165) is 21.7 Å². The highest BCUT2D eigenvalue weighted by Crippen LogP contribution is 2.33. The molecule has 0 spiro atoms. The van der Waals surface area contributed by atoms with E-state index in [1.54, 1.807) is 23.5 Å². The van der Waals surface area contributed by atoms with Gasteiger partial charge in [0.25, 0.3) is 0 Å². The van der Waals surface area contributed by atoms with E-state index in [1.807, 2.05) is 0 Å². The summed E-state index contributed by atoms with van der Waals surface area (Å²) in [5.74, 6) is 1.81. The van der Waals surface area contributed by atoms with E-state index >= 15 is 0 Å². The van der Waals surface area contributed by atoms with Gasteiger partial charge in [0.15, 0.2) is 5.17 Å². The van der Waals surface area contributed by atoms with Crippen molar-refractivity contribution >= 4 is 39.4 Å². The molecule has 136 valence electrons. The van der Waals surface area contributed by atoms with E-state index in [0.29, 0.717) is 0 Å². The average Bonchev–Trinajstić information content (AvgIpc) is 2.93. The van der Waals surface area contributed by atoms with Crippen molar-refractivity contribution in [2.45, 2.75) is 30.9 Å². The molecule has 0 N–H and O–H groups in total. The summed E-state index contributed by atoms with van der Waals surface area (Å²) in [5.41, 5.74) is 3.64. The molecule has 0 bridgehead atoms. The van der Waals surface area contributed by atoms with E-state index in [9.17, 15) is 0 Å². The van der Waals surface area contributed by atoms with Crippen LogP contribution in [0.5, 0.6) is 0 Å². The predicted octanol–water partition coefficient (Wildman–Crippen LogP) is 5.47. The third-order valence-corrected chi connectivity index (χ3v) is 6.38. The maximum atomic E-state index is 4.85. The van der Waals surface area contributed by atoms with E-state index in [1.165, 1.54) is 16.8 Å². The van der Waals surface area contributed by atoms with Gasteiger partial charge in [-0.3, -0.25) is 0 Å². The smallest absolute Gasteiger partial charge is 0.185 e. The summed E-state index contributed by atoms with van der Waals surface area (Å²) in [5, 5.41) is 1.99. The molecule has 26 heavy (non-hydrogen) atoms. The van der Waals surface area contributed by atoms with Crippen LogP contribution < -0.4 is 4.90 Å². The van der Waals surface area contributed by atoms with Crippen LogP contribution in [0.1, 0.15) is 25.0 Å². The summed E-state index contributed by atoms with van der Waals surface area (Å²) in [4.78, 5) is 11.8. The maximum absolute atomic E-state index is 4.85. The molecule has 0 saturated carbocycles.